The molecule has 2 bridgehead atoms. The maximum Gasteiger partial charge on any atom is 0.240 e. The first kappa shape index (κ1) is 22.1. The van der Waals surface area contributed by atoms with E-state index in [1.807, 2.05) is 43.3 Å². The molecular formula is C28H23ClN2O4. The van der Waals surface area contributed by atoms with Gasteiger partial charge in [0.1, 0.15) is 5.75 Å². The third kappa shape index (κ3) is 3.12. The molecule has 3 aromatic carbocycles. The number of rotatable bonds is 5. The number of para-hydroxylation sites is 1. The van der Waals surface area contributed by atoms with E-state index in [-0.39, 0.29) is 11.8 Å². The van der Waals surface area contributed by atoms with E-state index in [9.17, 15) is 14.9 Å². The highest BCUT2D eigenvalue weighted by molar-refractivity contribution is 6.32. The Morgan fingerprint density at radius 3 is 2.51 bits per heavy atom. The van der Waals surface area contributed by atoms with Crippen LogP contribution in [0.15, 0.2) is 60.7 Å². The average Bonchev–Trinajstić information content (AvgIpc) is 3.44. The molecule has 7 heteroatoms. The first-order chi connectivity index (χ1) is 16.9. The Morgan fingerprint density at radius 1 is 1.03 bits per heavy atom. The molecule has 0 aromatic heterocycles. The van der Waals surface area contributed by atoms with Crippen LogP contribution in [-0.4, -0.2) is 29.6 Å². The standard InChI is InChI=1S/C28H23ClN2O4/c1-27-12-13-28(35-27,14-15-34-22-9-5-4-8-20(22)29)24-23(27)25(32)31(26(24)33)21-11-10-17(16-30)18-6-2-3-7-19(18)21/h2-11,23-24H,12-15H2,1H3/t23-,24+,27-,28-/m1/s1. The predicted molar refractivity (Wildman–Crippen MR) is 131 cm³/mol. The quantitative estimate of drug-likeness (QED) is 0.459. The highest BCUT2D eigenvalue weighted by Crippen LogP contribution is 2.62. The van der Waals surface area contributed by atoms with Gasteiger partial charge < -0.3 is 9.47 Å². The second-order valence-electron chi connectivity index (χ2n) is 9.77. The summed E-state index contributed by atoms with van der Waals surface area (Å²) < 4.78 is 12.4. The molecule has 3 aliphatic rings. The lowest BCUT2D eigenvalue weighted by Crippen LogP contribution is -2.43. The molecule has 176 valence electrons. The number of imide groups is 1. The number of hydrogen-bond donors (Lipinski definition) is 0. The molecule has 0 unspecified atom stereocenters. The van der Waals surface area contributed by atoms with E-state index in [0.717, 1.165) is 5.39 Å². The number of nitrogens with zero attached hydrogens (tertiary/aromatic N) is 2. The zero-order valence-electron chi connectivity index (χ0n) is 19.2. The van der Waals surface area contributed by atoms with Gasteiger partial charge in [0, 0.05) is 17.2 Å². The lowest BCUT2D eigenvalue weighted by Gasteiger charge is -2.31. The van der Waals surface area contributed by atoms with Gasteiger partial charge in [-0.3, -0.25) is 9.59 Å². The van der Waals surface area contributed by atoms with E-state index in [4.69, 9.17) is 21.1 Å². The topological polar surface area (TPSA) is 79.6 Å². The lowest BCUT2D eigenvalue weighted by molar-refractivity contribution is -0.131. The fourth-order valence-electron chi connectivity index (χ4n) is 6.32. The summed E-state index contributed by atoms with van der Waals surface area (Å²) >= 11 is 6.22. The summed E-state index contributed by atoms with van der Waals surface area (Å²) in [6.45, 7) is 2.27. The molecule has 0 saturated carbocycles. The Labute approximate surface area is 208 Å². The van der Waals surface area contributed by atoms with E-state index in [1.54, 1.807) is 24.3 Å². The van der Waals surface area contributed by atoms with Crippen LogP contribution in [0.3, 0.4) is 0 Å². The van der Waals surface area contributed by atoms with Gasteiger partial charge in [-0.2, -0.15) is 5.26 Å². The van der Waals surface area contributed by atoms with E-state index in [1.165, 1.54) is 4.90 Å². The van der Waals surface area contributed by atoms with Crippen LogP contribution in [0.2, 0.25) is 5.02 Å². The van der Waals surface area contributed by atoms with Crippen LogP contribution in [0.4, 0.5) is 5.69 Å². The third-order valence-corrected chi connectivity index (χ3v) is 8.21. The molecule has 3 heterocycles. The van der Waals surface area contributed by atoms with Crippen molar-refractivity contribution in [2.24, 2.45) is 11.8 Å². The van der Waals surface area contributed by atoms with Crippen molar-refractivity contribution in [3.05, 3.63) is 71.2 Å². The number of ether oxygens (including phenoxy) is 2. The van der Waals surface area contributed by atoms with Gasteiger partial charge in [0.25, 0.3) is 0 Å². The summed E-state index contributed by atoms with van der Waals surface area (Å²) in [5.74, 6) is -1.00. The highest BCUT2D eigenvalue weighted by atomic mass is 35.5. The smallest absolute Gasteiger partial charge is 0.240 e. The number of hydrogen-bond acceptors (Lipinski definition) is 5. The Morgan fingerprint density at radius 2 is 1.74 bits per heavy atom. The van der Waals surface area contributed by atoms with Crippen molar-refractivity contribution in [1.82, 2.24) is 0 Å². The SMILES string of the molecule is C[C@]12CC[C@](CCOc3ccccc3Cl)(O1)[C@@H]1C(=O)N(c3ccc(C#N)c4ccccc34)C(=O)[C@@H]12. The molecule has 0 radical (unpaired) electrons. The molecule has 4 atom stereocenters. The number of carbonyl (C=O) groups excluding carboxylic acids is 2. The summed E-state index contributed by atoms with van der Waals surface area (Å²) in [5.41, 5.74) is -0.426. The Kier molecular flexibility index (Phi) is 4.93. The van der Waals surface area contributed by atoms with Gasteiger partial charge in [0.05, 0.1) is 52.0 Å². The number of amides is 2. The first-order valence-corrected chi connectivity index (χ1v) is 12.1. The molecule has 0 N–H and O–H groups in total. The largest absolute Gasteiger partial charge is 0.492 e. The minimum absolute atomic E-state index is 0.231. The Balaban J connectivity index is 1.35. The fraction of sp³-hybridized carbons (Fsp3) is 0.321. The van der Waals surface area contributed by atoms with Crippen LogP contribution in [-0.2, 0) is 14.3 Å². The molecule has 35 heavy (non-hydrogen) atoms. The second kappa shape index (κ2) is 7.81. The summed E-state index contributed by atoms with van der Waals surface area (Å²) in [6, 6.07) is 20.2. The normalized spacial score (nSPS) is 29.0. The van der Waals surface area contributed by atoms with Gasteiger partial charge in [0.15, 0.2) is 0 Å². The van der Waals surface area contributed by atoms with Crippen molar-refractivity contribution < 1.29 is 19.1 Å². The van der Waals surface area contributed by atoms with Crippen LogP contribution < -0.4 is 9.64 Å². The van der Waals surface area contributed by atoms with Crippen molar-refractivity contribution in [1.29, 1.82) is 5.26 Å². The highest BCUT2D eigenvalue weighted by Gasteiger charge is 2.73. The average molecular weight is 487 g/mol. The molecular weight excluding hydrogens is 464 g/mol. The predicted octanol–water partition coefficient (Wildman–Crippen LogP) is 5.26. The number of halogens is 1. The summed E-state index contributed by atoms with van der Waals surface area (Å²) in [4.78, 5) is 29.0. The van der Waals surface area contributed by atoms with Gasteiger partial charge >= 0.3 is 0 Å². The maximum atomic E-state index is 13.9. The monoisotopic (exact) mass is 486 g/mol. The molecule has 3 aromatic rings. The van der Waals surface area contributed by atoms with Crippen molar-refractivity contribution in [3.8, 4) is 11.8 Å². The van der Waals surface area contributed by atoms with Crippen molar-refractivity contribution in [3.63, 3.8) is 0 Å². The molecule has 6 nitrogen and oxygen atoms in total. The Hall–Kier alpha value is -3.40. The van der Waals surface area contributed by atoms with Gasteiger partial charge in [0.2, 0.25) is 11.8 Å². The van der Waals surface area contributed by atoms with Crippen molar-refractivity contribution in [2.45, 2.75) is 37.4 Å². The minimum atomic E-state index is -0.759. The van der Waals surface area contributed by atoms with Crippen LogP contribution >= 0.6 is 11.6 Å². The number of benzene rings is 3. The van der Waals surface area contributed by atoms with Crippen LogP contribution in [0.1, 0.15) is 31.7 Å². The zero-order chi connectivity index (χ0) is 24.4. The first-order valence-electron chi connectivity index (χ1n) is 11.8. The van der Waals surface area contributed by atoms with E-state index in [2.05, 4.69) is 6.07 Å². The number of fused-ring (bicyclic) bond motifs is 6. The summed E-state index contributed by atoms with van der Waals surface area (Å²) in [6.07, 6.45) is 1.88. The molecule has 3 saturated heterocycles. The summed E-state index contributed by atoms with van der Waals surface area (Å²) in [7, 11) is 0. The number of anilines is 1. The fourth-order valence-corrected chi connectivity index (χ4v) is 6.51. The van der Waals surface area contributed by atoms with E-state index < -0.39 is 23.0 Å². The third-order valence-electron chi connectivity index (χ3n) is 7.89. The minimum Gasteiger partial charge on any atom is -0.492 e. The molecule has 3 fully saturated rings. The van der Waals surface area contributed by atoms with Crippen molar-refractivity contribution in [2.75, 3.05) is 11.5 Å². The second-order valence-corrected chi connectivity index (χ2v) is 10.2. The van der Waals surface area contributed by atoms with E-state index in [0.29, 0.717) is 53.3 Å². The van der Waals surface area contributed by atoms with Crippen molar-refractivity contribution >= 4 is 39.9 Å². The molecule has 3 aliphatic heterocycles. The van der Waals surface area contributed by atoms with E-state index >= 15 is 0 Å². The Bertz CT molecular complexity index is 1430. The van der Waals surface area contributed by atoms with Gasteiger partial charge in [-0.15, -0.1) is 0 Å². The molecule has 0 aliphatic carbocycles. The van der Waals surface area contributed by atoms with Crippen LogP contribution in [0, 0.1) is 23.2 Å². The van der Waals surface area contributed by atoms with Crippen LogP contribution in [0.5, 0.6) is 5.75 Å². The molecule has 2 amide bonds. The number of nitriles is 1. The van der Waals surface area contributed by atoms with Crippen LogP contribution in [0.25, 0.3) is 10.8 Å². The molecule has 6 rings (SSSR count). The maximum absolute atomic E-state index is 13.9. The number of carbonyl (C=O) groups is 2. The van der Waals surface area contributed by atoms with Gasteiger partial charge in [-0.05, 0) is 44.0 Å². The van der Waals surface area contributed by atoms with Gasteiger partial charge in [-0.1, -0.05) is 48.0 Å². The molecule has 0 spiro atoms. The van der Waals surface area contributed by atoms with Gasteiger partial charge in [-0.25, -0.2) is 4.90 Å². The summed E-state index contributed by atoms with van der Waals surface area (Å²) in [5, 5.41) is 11.5. The zero-order valence-corrected chi connectivity index (χ0v) is 19.9. The lowest BCUT2D eigenvalue weighted by atomic mass is 9.67.